The molecule has 0 aliphatic carbocycles. The highest BCUT2D eigenvalue weighted by Crippen LogP contribution is 2.08. The summed E-state index contributed by atoms with van der Waals surface area (Å²) in [6.07, 6.45) is 1.25. The number of halogens is 2. The fourth-order valence-electron chi connectivity index (χ4n) is 1.51. The quantitative estimate of drug-likeness (QED) is 0.864. The standard InChI is InChI=1S/C12H13F2N3/c13-12(14)9-15-8-10-2-4-11(5-3-10)17-7-1-6-16-17/h1-7,12,15H,8-9H2. The molecule has 1 heterocycles. The summed E-state index contributed by atoms with van der Waals surface area (Å²) in [6, 6.07) is 9.46. The second kappa shape index (κ2) is 5.54. The van der Waals surface area contributed by atoms with Gasteiger partial charge in [0.2, 0.25) is 0 Å². The zero-order chi connectivity index (χ0) is 12.1. The van der Waals surface area contributed by atoms with Crippen LogP contribution in [0.4, 0.5) is 8.78 Å². The molecular weight excluding hydrogens is 224 g/mol. The Morgan fingerprint density at radius 2 is 2.00 bits per heavy atom. The van der Waals surface area contributed by atoms with Crippen LogP contribution in [0.25, 0.3) is 5.69 Å². The zero-order valence-electron chi connectivity index (χ0n) is 9.18. The van der Waals surface area contributed by atoms with E-state index in [4.69, 9.17) is 0 Å². The molecule has 90 valence electrons. The van der Waals surface area contributed by atoms with Crippen molar-refractivity contribution in [3.8, 4) is 5.69 Å². The largest absolute Gasteiger partial charge is 0.307 e. The maximum absolute atomic E-state index is 11.9. The molecule has 5 heteroatoms. The summed E-state index contributed by atoms with van der Waals surface area (Å²) in [5.41, 5.74) is 1.93. The molecule has 0 radical (unpaired) electrons. The Bertz CT molecular complexity index is 437. The zero-order valence-corrected chi connectivity index (χ0v) is 9.18. The fourth-order valence-corrected chi connectivity index (χ4v) is 1.51. The highest BCUT2D eigenvalue weighted by atomic mass is 19.3. The number of aromatic nitrogens is 2. The monoisotopic (exact) mass is 237 g/mol. The van der Waals surface area contributed by atoms with Gasteiger partial charge in [-0.1, -0.05) is 12.1 Å². The third kappa shape index (κ3) is 3.35. The normalized spacial score (nSPS) is 11.0. The molecule has 0 unspecified atom stereocenters. The first-order valence-electron chi connectivity index (χ1n) is 5.33. The minimum atomic E-state index is -2.31. The molecule has 0 fully saturated rings. The van der Waals surface area contributed by atoms with Gasteiger partial charge in [-0.25, -0.2) is 13.5 Å². The summed E-state index contributed by atoms with van der Waals surface area (Å²) in [6.45, 7) is 0.171. The molecule has 17 heavy (non-hydrogen) atoms. The Kier molecular flexibility index (Phi) is 3.82. The van der Waals surface area contributed by atoms with Crippen LogP contribution in [0.2, 0.25) is 0 Å². The second-order valence-corrected chi connectivity index (χ2v) is 3.64. The van der Waals surface area contributed by atoms with Gasteiger partial charge in [0.25, 0.3) is 6.43 Å². The first-order chi connectivity index (χ1) is 8.25. The van der Waals surface area contributed by atoms with Crippen molar-refractivity contribution < 1.29 is 8.78 Å². The van der Waals surface area contributed by atoms with Crippen LogP contribution in [0, 0.1) is 0 Å². The van der Waals surface area contributed by atoms with E-state index < -0.39 is 6.43 Å². The van der Waals surface area contributed by atoms with Gasteiger partial charge in [0, 0.05) is 18.9 Å². The van der Waals surface area contributed by atoms with E-state index in [-0.39, 0.29) is 6.54 Å². The number of nitrogens with one attached hydrogen (secondary N) is 1. The molecule has 1 aromatic heterocycles. The van der Waals surface area contributed by atoms with Crippen LogP contribution in [0.3, 0.4) is 0 Å². The van der Waals surface area contributed by atoms with Crippen molar-refractivity contribution in [2.45, 2.75) is 13.0 Å². The summed E-state index contributed by atoms with van der Waals surface area (Å²) in [4.78, 5) is 0. The van der Waals surface area contributed by atoms with Crippen LogP contribution < -0.4 is 5.32 Å². The van der Waals surface area contributed by atoms with Gasteiger partial charge in [0.1, 0.15) is 0 Å². The molecule has 0 saturated heterocycles. The molecule has 0 saturated carbocycles. The van der Waals surface area contributed by atoms with Crippen LogP contribution in [0.1, 0.15) is 5.56 Å². The van der Waals surface area contributed by atoms with Crippen LogP contribution in [0.15, 0.2) is 42.7 Å². The van der Waals surface area contributed by atoms with E-state index in [9.17, 15) is 8.78 Å². The molecule has 0 atom stereocenters. The van der Waals surface area contributed by atoms with Gasteiger partial charge in [-0.15, -0.1) is 0 Å². The first kappa shape index (κ1) is 11.7. The molecule has 0 amide bonds. The van der Waals surface area contributed by atoms with Crippen molar-refractivity contribution in [3.63, 3.8) is 0 Å². The van der Waals surface area contributed by atoms with E-state index in [2.05, 4.69) is 10.4 Å². The maximum Gasteiger partial charge on any atom is 0.250 e. The topological polar surface area (TPSA) is 29.9 Å². The molecule has 1 aromatic carbocycles. The van der Waals surface area contributed by atoms with Gasteiger partial charge in [-0.05, 0) is 23.8 Å². The molecule has 1 N–H and O–H groups in total. The number of rotatable bonds is 5. The van der Waals surface area contributed by atoms with Crippen LogP contribution in [-0.4, -0.2) is 22.8 Å². The maximum atomic E-state index is 11.9. The second-order valence-electron chi connectivity index (χ2n) is 3.64. The summed E-state index contributed by atoms with van der Waals surface area (Å²) in [7, 11) is 0. The van der Waals surface area contributed by atoms with E-state index in [0.29, 0.717) is 6.54 Å². The van der Waals surface area contributed by atoms with Crippen molar-refractivity contribution in [1.29, 1.82) is 0 Å². The molecular formula is C12H13F2N3. The summed E-state index contributed by atoms with van der Waals surface area (Å²) < 4.78 is 25.6. The first-order valence-corrected chi connectivity index (χ1v) is 5.33. The summed E-state index contributed by atoms with van der Waals surface area (Å²) in [5, 5.41) is 6.79. The molecule has 0 aliphatic rings. The SMILES string of the molecule is FC(F)CNCc1ccc(-n2cccn2)cc1. The highest BCUT2D eigenvalue weighted by molar-refractivity contribution is 5.33. The summed E-state index contributed by atoms with van der Waals surface area (Å²) >= 11 is 0. The number of hydrogen-bond acceptors (Lipinski definition) is 2. The molecule has 0 aliphatic heterocycles. The predicted octanol–water partition coefficient (Wildman–Crippen LogP) is 2.23. The Morgan fingerprint density at radius 1 is 1.24 bits per heavy atom. The number of benzene rings is 1. The number of nitrogens with zero attached hydrogens (tertiary/aromatic N) is 2. The molecule has 0 bridgehead atoms. The lowest BCUT2D eigenvalue weighted by molar-refractivity contribution is 0.145. The lowest BCUT2D eigenvalue weighted by Crippen LogP contribution is -2.20. The van der Waals surface area contributed by atoms with Crippen molar-refractivity contribution in [3.05, 3.63) is 48.3 Å². The highest BCUT2D eigenvalue weighted by Gasteiger charge is 2.01. The molecule has 2 aromatic rings. The van der Waals surface area contributed by atoms with Gasteiger partial charge in [0.15, 0.2) is 0 Å². The molecule has 0 spiro atoms. The average molecular weight is 237 g/mol. The van der Waals surface area contributed by atoms with Gasteiger partial charge in [-0.2, -0.15) is 5.10 Å². The molecule has 2 rings (SSSR count). The van der Waals surface area contributed by atoms with Gasteiger partial charge >= 0.3 is 0 Å². The van der Waals surface area contributed by atoms with Gasteiger partial charge < -0.3 is 5.32 Å². The Labute approximate surface area is 98.1 Å². The third-order valence-corrected chi connectivity index (χ3v) is 2.33. The van der Waals surface area contributed by atoms with Crippen LogP contribution in [-0.2, 0) is 6.54 Å². The van der Waals surface area contributed by atoms with E-state index >= 15 is 0 Å². The lowest BCUT2D eigenvalue weighted by Gasteiger charge is -2.05. The smallest absolute Gasteiger partial charge is 0.250 e. The van der Waals surface area contributed by atoms with Gasteiger partial charge in [0.05, 0.1) is 12.2 Å². The Balaban J connectivity index is 1.94. The van der Waals surface area contributed by atoms with Crippen LogP contribution >= 0.6 is 0 Å². The summed E-state index contributed by atoms with van der Waals surface area (Å²) in [5.74, 6) is 0. The van der Waals surface area contributed by atoms with Crippen molar-refractivity contribution in [2.75, 3.05) is 6.54 Å². The van der Waals surface area contributed by atoms with E-state index in [1.165, 1.54) is 0 Å². The fraction of sp³-hybridized carbons (Fsp3) is 0.250. The number of alkyl halides is 2. The third-order valence-electron chi connectivity index (χ3n) is 2.33. The lowest BCUT2D eigenvalue weighted by atomic mass is 10.2. The predicted molar refractivity (Wildman–Crippen MR) is 61.3 cm³/mol. The van der Waals surface area contributed by atoms with Gasteiger partial charge in [-0.3, -0.25) is 0 Å². The van der Waals surface area contributed by atoms with Crippen molar-refractivity contribution in [1.82, 2.24) is 15.1 Å². The Morgan fingerprint density at radius 3 is 2.59 bits per heavy atom. The van der Waals surface area contributed by atoms with E-state index in [1.54, 1.807) is 10.9 Å². The van der Waals surface area contributed by atoms with Crippen molar-refractivity contribution in [2.24, 2.45) is 0 Å². The van der Waals surface area contributed by atoms with Crippen LogP contribution in [0.5, 0.6) is 0 Å². The van der Waals surface area contributed by atoms with E-state index in [0.717, 1.165) is 11.3 Å². The van der Waals surface area contributed by atoms with E-state index in [1.807, 2.05) is 36.5 Å². The number of hydrogen-bond donors (Lipinski definition) is 1. The average Bonchev–Trinajstić information content (AvgIpc) is 2.83. The van der Waals surface area contributed by atoms with Crippen molar-refractivity contribution >= 4 is 0 Å². The molecule has 3 nitrogen and oxygen atoms in total. The minimum Gasteiger partial charge on any atom is -0.307 e. The minimum absolute atomic E-state index is 0.277. The Hall–Kier alpha value is -1.75.